The standard InChI is InChI=1S/C14H12F2O/c15-12-8-7-10(13(16)9-12)5-6-11-3-1-2-4-14(11)17/h1-4,7-9,17H,5-6H2. The lowest BCUT2D eigenvalue weighted by molar-refractivity contribution is 0.467. The number of hydrogen-bond donors (Lipinski definition) is 1. The third-order valence-electron chi connectivity index (χ3n) is 2.67. The molecule has 2 rings (SSSR count). The number of benzene rings is 2. The summed E-state index contributed by atoms with van der Waals surface area (Å²) in [4.78, 5) is 0. The van der Waals surface area contributed by atoms with Gasteiger partial charge in [-0.3, -0.25) is 0 Å². The normalized spacial score (nSPS) is 10.5. The predicted octanol–water partition coefficient (Wildman–Crippen LogP) is 3.46. The van der Waals surface area contributed by atoms with Crippen molar-refractivity contribution in [1.82, 2.24) is 0 Å². The fourth-order valence-electron chi connectivity index (χ4n) is 1.72. The molecule has 0 fully saturated rings. The van der Waals surface area contributed by atoms with E-state index in [0.29, 0.717) is 18.4 Å². The van der Waals surface area contributed by atoms with Gasteiger partial charge in [0.2, 0.25) is 0 Å². The second-order valence-corrected chi connectivity index (χ2v) is 3.86. The average Bonchev–Trinajstić information content (AvgIpc) is 2.30. The van der Waals surface area contributed by atoms with Gasteiger partial charge in [0, 0.05) is 6.07 Å². The monoisotopic (exact) mass is 234 g/mol. The molecule has 0 aromatic heterocycles. The highest BCUT2D eigenvalue weighted by Crippen LogP contribution is 2.19. The van der Waals surface area contributed by atoms with Crippen LogP contribution in [0.15, 0.2) is 42.5 Å². The minimum absolute atomic E-state index is 0.204. The van der Waals surface area contributed by atoms with E-state index in [0.717, 1.165) is 11.6 Å². The molecule has 88 valence electrons. The molecule has 0 spiro atoms. The van der Waals surface area contributed by atoms with Crippen molar-refractivity contribution >= 4 is 0 Å². The SMILES string of the molecule is Oc1ccccc1CCc1ccc(F)cc1F. The van der Waals surface area contributed by atoms with Crippen LogP contribution < -0.4 is 0 Å². The minimum atomic E-state index is -0.575. The van der Waals surface area contributed by atoms with Crippen molar-refractivity contribution in [2.45, 2.75) is 12.8 Å². The van der Waals surface area contributed by atoms with E-state index in [9.17, 15) is 13.9 Å². The van der Waals surface area contributed by atoms with Crippen LogP contribution in [0.2, 0.25) is 0 Å². The van der Waals surface area contributed by atoms with Crippen LogP contribution in [0.4, 0.5) is 8.78 Å². The molecule has 1 N–H and O–H groups in total. The molecule has 17 heavy (non-hydrogen) atoms. The van der Waals surface area contributed by atoms with Crippen molar-refractivity contribution in [2.24, 2.45) is 0 Å². The lowest BCUT2D eigenvalue weighted by atomic mass is 10.0. The summed E-state index contributed by atoms with van der Waals surface area (Å²) in [5.41, 5.74) is 1.21. The topological polar surface area (TPSA) is 20.2 Å². The summed E-state index contributed by atoms with van der Waals surface area (Å²) in [5, 5.41) is 9.55. The highest BCUT2D eigenvalue weighted by Gasteiger charge is 2.05. The van der Waals surface area contributed by atoms with Gasteiger partial charge in [-0.15, -0.1) is 0 Å². The fourth-order valence-corrected chi connectivity index (χ4v) is 1.72. The molecule has 0 saturated heterocycles. The van der Waals surface area contributed by atoms with Gasteiger partial charge >= 0.3 is 0 Å². The number of aromatic hydroxyl groups is 1. The molecule has 0 aliphatic heterocycles. The van der Waals surface area contributed by atoms with Crippen LogP contribution in [0, 0.1) is 11.6 Å². The summed E-state index contributed by atoms with van der Waals surface area (Å²) in [7, 11) is 0. The Morgan fingerprint density at radius 3 is 2.29 bits per heavy atom. The number of hydrogen-bond acceptors (Lipinski definition) is 1. The van der Waals surface area contributed by atoms with Crippen LogP contribution >= 0.6 is 0 Å². The first-order valence-corrected chi connectivity index (χ1v) is 5.37. The third-order valence-corrected chi connectivity index (χ3v) is 2.67. The number of para-hydroxylation sites is 1. The Morgan fingerprint density at radius 2 is 1.59 bits per heavy atom. The number of phenolic OH excluding ortho intramolecular Hbond substituents is 1. The van der Waals surface area contributed by atoms with Crippen molar-refractivity contribution in [3.8, 4) is 5.75 Å². The van der Waals surface area contributed by atoms with E-state index >= 15 is 0 Å². The Labute approximate surface area is 98.3 Å². The zero-order chi connectivity index (χ0) is 12.3. The highest BCUT2D eigenvalue weighted by molar-refractivity contribution is 5.32. The van der Waals surface area contributed by atoms with E-state index in [4.69, 9.17) is 0 Å². The first-order valence-electron chi connectivity index (χ1n) is 5.37. The molecule has 1 nitrogen and oxygen atoms in total. The summed E-state index contributed by atoms with van der Waals surface area (Å²) in [6.07, 6.45) is 0.957. The van der Waals surface area contributed by atoms with Gasteiger partial charge in [-0.1, -0.05) is 24.3 Å². The molecular weight excluding hydrogens is 222 g/mol. The summed E-state index contributed by atoms with van der Waals surface area (Å²) in [6.45, 7) is 0. The lowest BCUT2D eigenvalue weighted by Crippen LogP contribution is -1.95. The minimum Gasteiger partial charge on any atom is -0.508 e. The molecule has 0 heterocycles. The zero-order valence-electron chi connectivity index (χ0n) is 9.16. The molecule has 0 amide bonds. The third kappa shape index (κ3) is 2.81. The van der Waals surface area contributed by atoms with E-state index in [1.165, 1.54) is 12.1 Å². The quantitative estimate of drug-likeness (QED) is 0.862. The Hall–Kier alpha value is -1.90. The smallest absolute Gasteiger partial charge is 0.129 e. The van der Waals surface area contributed by atoms with Crippen molar-refractivity contribution in [3.63, 3.8) is 0 Å². The Bertz CT molecular complexity index is 523. The summed E-state index contributed by atoms with van der Waals surface area (Å²) < 4.78 is 26.0. The van der Waals surface area contributed by atoms with Crippen LogP contribution in [0.25, 0.3) is 0 Å². The number of phenols is 1. The molecule has 2 aromatic rings. The molecule has 3 heteroatoms. The molecule has 0 bridgehead atoms. The lowest BCUT2D eigenvalue weighted by Gasteiger charge is -2.05. The van der Waals surface area contributed by atoms with Crippen LogP contribution in [0.3, 0.4) is 0 Å². The predicted molar refractivity (Wildman–Crippen MR) is 61.9 cm³/mol. The molecule has 0 atom stereocenters. The zero-order valence-corrected chi connectivity index (χ0v) is 9.16. The van der Waals surface area contributed by atoms with Crippen LogP contribution in [0.1, 0.15) is 11.1 Å². The van der Waals surface area contributed by atoms with E-state index in [1.54, 1.807) is 18.2 Å². The average molecular weight is 234 g/mol. The van der Waals surface area contributed by atoms with Gasteiger partial charge in [0.15, 0.2) is 0 Å². The molecule has 0 aliphatic rings. The van der Waals surface area contributed by atoms with Crippen LogP contribution in [-0.2, 0) is 12.8 Å². The molecule has 0 radical (unpaired) electrons. The summed E-state index contributed by atoms with van der Waals surface area (Å²) in [5.74, 6) is -0.913. The number of rotatable bonds is 3. The Morgan fingerprint density at radius 1 is 0.882 bits per heavy atom. The summed E-state index contributed by atoms with van der Waals surface area (Å²) >= 11 is 0. The van der Waals surface area contributed by atoms with E-state index in [2.05, 4.69) is 0 Å². The molecule has 0 saturated carbocycles. The fraction of sp³-hybridized carbons (Fsp3) is 0.143. The number of halogens is 2. The van der Waals surface area contributed by atoms with Crippen LogP contribution in [-0.4, -0.2) is 5.11 Å². The maximum Gasteiger partial charge on any atom is 0.129 e. The van der Waals surface area contributed by atoms with Gasteiger partial charge < -0.3 is 5.11 Å². The highest BCUT2D eigenvalue weighted by atomic mass is 19.1. The van der Waals surface area contributed by atoms with E-state index in [1.807, 2.05) is 6.07 Å². The van der Waals surface area contributed by atoms with Gasteiger partial charge in [0.1, 0.15) is 17.4 Å². The first-order chi connectivity index (χ1) is 8.16. The van der Waals surface area contributed by atoms with Crippen molar-refractivity contribution < 1.29 is 13.9 Å². The van der Waals surface area contributed by atoms with E-state index in [-0.39, 0.29) is 5.75 Å². The first kappa shape index (κ1) is 11.6. The Kier molecular flexibility index (Phi) is 3.38. The molecule has 0 unspecified atom stereocenters. The van der Waals surface area contributed by atoms with Gasteiger partial charge in [-0.05, 0) is 36.1 Å². The molecule has 0 aliphatic carbocycles. The maximum atomic E-state index is 13.4. The number of aryl methyl sites for hydroxylation is 2. The molecule has 2 aromatic carbocycles. The Balaban J connectivity index is 2.10. The van der Waals surface area contributed by atoms with Gasteiger partial charge in [-0.2, -0.15) is 0 Å². The summed E-state index contributed by atoms with van der Waals surface area (Å²) in [6, 6.07) is 10.5. The van der Waals surface area contributed by atoms with Crippen LogP contribution in [0.5, 0.6) is 5.75 Å². The van der Waals surface area contributed by atoms with Crippen molar-refractivity contribution in [3.05, 3.63) is 65.2 Å². The maximum absolute atomic E-state index is 13.4. The van der Waals surface area contributed by atoms with Crippen molar-refractivity contribution in [1.29, 1.82) is 0 Å². The van der Waals surface area contributed by atoms with Gasteiger partial charge in [0.05, 0.1) is 0 Å². The van der Waals surface area contributed by atoms with Gasteiger partial charge in [0.25, 0.3) is 0 Å². The molecular formula is C14H12F2O. The van der Waals surface area contributed by atoms with Gasteiger partial charge in [-0.25, -0.2) is 8.78 Å². The largest absolute Gasteiger partial charge is 0.508 e. The van der Waals surface area contributed by atoms with Crippen molar-refractivity contribution in [2.75, 3.05) is 0 Å². The second kappa shape index (κ2) is 4.95. The second-order valence-electron chi connectivity index (χ2n) is 3.86. The van der Waals surface area contributed by atoms with E-state index < -0.39 is 11.6 Å².